The summed E-state index contributed by atoms with van der Waals surface area (Å²) in [5, 5.41) is 6.97. The van der Waals surface area contributed by atoms with Gasteiger partial charge < -0.3 is 15.4 Å². The Bertz CT molecular complexity index is 1390. The zero-order chi connectivity index (χ0) is 23.5. The van der Waals surface area contributed by atoms with Gasteiger partial charge in [-0.3, -0.25) is 4.79 Å². The molecule has 0 atom stereocenters. The number of nitrogens with one attached hydrogen (secondary N) is 2. The van der Waals surface area contributed by atoms with Crippen molar-refractivity contribution in [3.8, 4) is 11.7 Å². The molecule has 0 saturated carbocycles. The zero-order valence-electron chi connectivity index (χ0n) is 19.1. The Morgan fingerprint density at radius 1 is 1.21 bits per heavy atom. The van der Waals surface area contributed by atoms with E-state index < -0.39 is 0 Å². The van der Waals surface area contributed by atoms with E-state index in [4.69, 9.17) is 9.72 Å². The number of fused-ring (bicyclic) bond motifs is 1. The number of nitrogens with zero attached hydrogens (tertiary/aromatic N) is 5. The second kappa shape index (κ2) is 9.48. The van der Waals surface area contributed by atoms with Crippen molar-refractivity contribution in [1.29, 1.82) is 0 Å². The lowest BCUT2D eigenvalue weighted by Crippen LogP contribution is -2.34. The minimum Gasteiger partial charge on any atom is -0.474 e. The number of piperidine rings is 1. The van der Waals surface area contributed by atoms with Crippen LogP contribution >= 0.6 is 0 Å². The number of hydrogen-bond acceptors (Lipinski definition) is 7. The number of hydrogen-bond donors (Lipinski definition) is 2. The Balaban J connectivity index is 1.57. The molecule has 9 heteroatoms. The fourth-order valence-electron chi connectivity index (χ4n) is 4.13. The molecule has 174 valence electrons. The largest absolute Gasteiger partial charge is 0.474 e. The SMILES string of the molecule is C=CCn1c(=O)c2cnc(Nc3cccc(C)c3)nc2n1-c1cccc(OC2CCNCC2)n1. The van der Waals surface area contributed by atoms with Crippen LogP contribution < -0.4 is 20.9 Å². The Morgan fingerprint density at radius 3 is 2.82 bits per heavy atom. The Kier molecular flexibility index (Phi) is 6.09. The number of aromatic nitrogens is 5. The van der Waals surface area contributed by atoms with E-state index in [-0.39, 0.29) is 11.7 Å². The van der Waals surface area contributed by atoms with Crippen molar-refractivity contribution in [2.24, 2.45) is 0 Å². The lowest BCUT2D eigenvalue weighted by atomic mass is 10.1. The fourth-order valence-corrected chi connectivity index (χ4v) is 4.13. The number of benzene rings is 1. The van der Waals surface area contributed by atoms with E-state index in [9.17, 15) is 4.79 Å². The van der Waals surface area contributed by atoms with E-state index in [1.54, 1.807) is 21.6 Å². The molecule has 4 aromatic rings. The quantitative estimate of drug-likeness (QED) is 0.411. The normalized spacial score (nSPS) is 14.3. The summed E-state index contributed by atoms with van der Waals surface area (Å²) in [6, 6.07) is 13.5. The van der Waals surface area contributed by atoms with Gasteiger partial charge in [-0.1, -0.05) is 24.3 Å². The molecule has 4 heterocycles. The van der Waals surface area contributed by atoms with Gasteiger partial charge in [0.05, 0.1) is 6.54 Å². The molecular formula is C25H27N7O2. The molecule has 3 aromatic heterocycles. The van der Waals surface area contributed by atoms with Crippen LogP contribution in [0.15, 0.2) is 66.1 Å². The Labute approximate surface area is 197 Å². The van der Waals surface area contributed by atoms with Crippen LogP contribution in [0.1, 0.15) is 18.4 Å². The van der Waals surface area contributed by atoms with E-state index in [1.165, 1.54) is 0 Å². The smallest absolute Gasteiger partial charge is 0.278 e. The second-order valence-electron chi connectivity index (χ2n) is 8.31. The summed E-state index contributed by atoms with van der Waals surface area (Å²) in [5.74, 6) is 1.46. The zero-order valence-corrected chi connectivity index (χ0v) is 19.1. The van der Waals surface area contributed by atoms with Crippen molar-refractivity contribution >= 4 is 22.7 Å². The van der Waals surface area contributed by atoms with Crippen molar-refractivity contribution in [2.45, 2.75) is 32.4 Å². The van der Waals surface area contributed by atoms with Crippen LogP contribution in [0.3, 0.4) is 0 Å². The van der Waals surface area contributed by atoms with Gasteiger partial charge in [-0.15, -0.1) is 6.58 Å². The molecule has 5 rings (SSSR count). The predicted molar refractivity (Wildman–Crippen MR) is 132 cm³/mol. The minimum absolute atomic E-state index is 0.119. The third kappa shape index (κ3) is 4.42. The maximum atomic E-state index is 13.2. The molecule has 1 aliphatic heterocycles. The van der Waals surface area contributed by atoms with Crippen molar-refractivity contribution < 1.29 is 4.74 Å². The molecule has 9 nitrogen and oxygen atoms in total. The van der Waals surface area contributed by atoms with E-state index in [0.29, 0.717) is 35.2 Å². The maximum absolute atomic E-state index is 13.2. The van der Waals surface area contributed by atoms with Gasteiger partial charge in [0.25, 0.3) is 5.56 Å². The van der Waals surface area contributed by atoms with Crippen molar-refractivity contribution in [2.75, 3.05) is 18.4 Å². The standard InChI is InChI=1S/C25H27N7O2/c1-3-14-31-24(33)20-16-27-25(28-18-7-4-6-17(2)15-18)30-23(20)32(31)21-8-5-9-22(29-21)34-19-10-12-26-13-11-19/h3-9,15-16,19,26H,1,10-14H2,2H3,(H,27,28,30). The van der Waals surface area contributed by atoms with Crippen LogP contribution in [0.4, 0.5) is 11.6 Å². The molecule has 0 spiro atoms. The highest BCUT2D eigenvalue weighted by molar-refractivity contribution is 5.77. The first-order chi connectivity index (χ1) is 16.6. The molecule has 2 N–H and O–H groups in total. The van der Waals surface area contributed by atoms with Gasteiger partial charge in [0.2, 0.25) is 11.8 Å². The van der Waals surface area contributed by atoms with Crippen LogP contribution in [0.5, 0.6) is 5.88 Å². The van der Waals surface area contributed by atoms with Crippen molar-refractivity contribution in [3.63, 3.8) is 0 Å². The minimum atomic E-state index is -0.205. The van der Waals surface area contributed by atoms with E-state index >= 15 is 0 Å². The number of pyridine rings is 1. The topological polar surface area (TPSA) is 98.9 Å². The van der Waals surface area contributed by atoms with Crippen molar-refractivity contribution in [1.82, 2.24) is 29.6 Å². The summed E-state index contributed by atoms with van der Waals surface area (Å²) in [4.78, 5) is 26.9. The molecule has 1 aliphatic rings. The number of allylic oxidation sites excluding steroid dienone is 1. The van der Waals surface area contributed by atoms with E-state index in [2.05, 4.69) is 27.2 Å². The van der Waals surface area contributed by atoms with Gasteiger partial charge in [0.15, 0.2) is 11.5 Å². The number of rotatable bonds is 7. The highest BCUT2D eigenvalue weighted by atomic mass is 16.5. The molecule has 1 fully saturated rings. The van der Waals surface area contributed by atoms with Crippen LogP contribution in [0.2, 0.25) is 0 Å². The van der Waals surface area contributed by atoms with Gasteiger partial charge in [-0.2, -0.15) is 9.97 Å². The molecule has 0 unspecified atom stereocenters. The molecule has 1 saturated heterocycles. The lowest BCUT2D eigenvalue weighted by Gasteiger charge is -2.23. The molecule has 34 heavy (non-hydrogen) atoms. The summed E-state index contributed by atoms with van der Waals surface area (Å²) in [7, 11) is 0. The second-order valence-corrected chi connectivity index (χ2v) is 8.31. The number of aryl methyl sites for hydroxylation is 1. The Morgan fingerprint density at radius 2 is 2.03 bits per heavy atom. The van der Waals surface area contributed by atoms with Gasteiger partial charge >= 0.3 is 0 Å². The molecule has 0 bridgehead atoms. The first-order valence-electron chi connectivity index (χ1n) is 11.4. The van der Waals surface area contributed by atoms with Crippen LogP contribution in [-0.4, -0.2) is 43.5 Å². The van der Waals surface area contributed by atoms with E-state index in [1.807, 2.05) is 49.4 Å². The summed E-state index contributed by atoms with van der Waals surface area (Å²) >= 11 is 0. The molecule has 0 aliphatic carbocycles. The van der Waals surface area contributed by atoms with Crippen molar-refractivity contribution in [3.05, 3.63) is 77.2 Å². The third-order valence-corrected chi connectivity index (χ3v) is 5.75. The van der Waals surface area contributed by atoms with Crippen LogP contribution in [-0.2, 0) is 6.54 Å². The highest BCUT2D eigenvalue weighted by Gasteiger charge is 2.19. The number of ether oxygens (including phenoxy) is 1. The first kappa shape index (κ1) is 21.8. The highest BCUT2D eigenvalue weighted by Crippen LogP contribution is 2.21. The molecule has 0 amide bonds. The average Bonchev–Trinajstić information content (AvgIpc) is 3.11. The van der Waals surface area contributed by atoms with Gasteiger partial charge in [-0.05, 0) is 56.6 Å². The van der Waals surface area contributed by atoms with Gasteiger partial charge in [0, 0.05) is 18.0 Å². The molecule has 1 aromatic carbocycles. The predicted octanol–water partition coefficient (Wildman–Crippen LogP) is 3.35. The first-order valence-corrected chi connectivity index (χ1v) is 11.4. The monoisotopic (exact) mass is 457 g/mol. The fraction of sp³-hybridized carbons (Fsp3) is 0.280. The van der Waals surface area contributed by atoms with Crippen LogP contribution in [0.25, 0.3) is 16.9 Å². The van der Waals surface area contributed by atoms with E-state index in [0.717, 1.165) is 37.2 Å². The summed E-state index contributed by atoms with van der Waals surface area (Å²) < 4.78 is 9.39. The Hall–Kier alpha value is -3.98. The van der Waals surface area contributed by atoms with Gasteiger partial charge in [0.1, 0.15) is 11.5 Å². The summed E-state index contributed by atoms with van der Waals surface area (Å²) in [6.07, 6.45) is 5.20. The maximum Gasteiger partial charge on any atom is 0.278 e. The number of anilines is 2. The molecule has 0 radical (unpaired) electrons. The van der Waals surface area contributed by atoms with Crippen LogP contribution in [0, 0.1) is 6.92 Å². The average molecular weight is 458 g/mol. The van der Waals surface area contributed by atoms with Gasteiger partial charge in [-0.25, -0.2) is 14.3 Å². The summed E-state index contributed by atoms with van der Waals surface area (Å²) in [5.41, 5.74) is 2.25. The summed E-state index contributed by atoms with van der Waals surface area (Å²) in [6.45, 7) is 7.99. The third-order valence-electron chi connectivity index (χ3n) is 5.75. The lowest BCUT2D eigenvalue weighted by molar-refractivity contribution is 0.156. The molecular weight excluding hydrogens is 430 g/mol.